The molecule has 0 spiro atoms. The fourth-order valence-corrected chi connectivity index (χ4v) is 2.16. The summed E-state index contributed by atoms with van der Waals surface area (Å²) in [5.74, 6) is -0.108. The number of pyridine rings is 1. The maximum absolute atomic E-state index is 12.2. The van der Waals surface area contributed by atoms with Crippen LogP contribution in [0.4, 0.5) is 0 Å². The second-order valence-electron chi connectivity index (χ2n) is 4.79. The third-order valence-corrected chi connectivity index (χ3v) is 3.27. The van der Waals surface area contributed by atoms with E-state index in [-0.39, 0.29) is 30.7 Å². The first kappa shape index (κ1) is 19.0. The third kappa shape index (κ3) is 4.45. The SMILES string of the molecule is Cl.Cl.NCc1cn2cc(C(=O)NCc3ccccc3)ccc2n1. The van der Waals surface area contributed by atoms with Gasteiger partial charge in [-0.1, -0.05) is 30.3 Å². The molecule has 0 saturated carbocycles. The van der Waals surface area contributed by atoms with Crippen molar-refractivity contribution in [3.63, 3.8) is 0 Å². The molecular formula is C16H18Cl2N4O. The van der Waals surface area contributed by atoms with Crippen LogP contribution < -0.4 is 11.1 Å². The molecule has 5 nitrogen and oxygen atoms in total. The van der Waals surface area contributed by atoms with Gasteiger partial charge in [-0.05, 0) is 17.7 Å². The Bertz CT molecular complexity index is 774. The second-order valence-corrected chi connectivity index (χ2v) is 4.79. The lowest BCUT2D eigenvalue weighted by Crippen LogP contribution is -2.23. The lowest BCUT2D eigenvalue weighted by Gasteiger charge is -2.05. The van der Waals surface area contributed by atoms with E-state index in [4.69, 9.17) is 5.73 Å². The zero-order valence-electron chi connectivity index (χ0n) is 12.3. The number of carbonyl (C=O) groups is 1. The number of hydrogen-bond acceptors (Lipinski definition) is 3. The average Bonchev–Trinajstić information content (AvgIpc) is 2.95. The van der Waals surface area contributed by atoms with Crippen molar-refractivity contribution in [3.8, 4) is 0 Å². The first-order valence-corrected chi connectivity index (χ1v) is 6.76. The van der Waals surface area contributed by atoms with Crippen LogP contribution in [0.15, 0.2) is 54.9 Å². The molecule has 3 N–H and O–H groups in total. The van der Waals surface area contributed by atoms with Gasteiger partial charge in [-0.3, -0.25) is 4.79 Å². The minimum Gasteiger partial charge on any atom is -0.348 e. The van der Waals surface area contributed by atoms with Crippen LogP contribution >= 0.6 is 24.8 Å². The molecule has 0 fully saturated rings. The Morgan fingerprint density at radius 1 is 1.09 bits per heavy atom. The number of carbonyl (C=O) groups excluding carboxylic acids is 1. The van der Waals surface area contributed by atoms with Gasteiger partial charge in [0.05, 0.1) is 11.3 Å². The van der Waals surface area contributed by atoms with Crippen LogP contribution in [0.1, 0.15) is 21.6 Å². The Labute approximate surface area is 146 Å². The quantitative estimate of drug-likeness (QED) is 0.757. The van der Waals surface area contributed by atoms with Gasteiger partial charge in [0, 0.05) is 25.5 Å². The smallest absolute Gasteiger partial charge is 0.253 e. The highest BCUT2D eigenvalue weighted by molar-refractivity contribution is 5.94. The average molecular weight is 353 g/mol. The van der Waals surface area contributed by atoms with Crippen molar-refractivity contribution in [3.05, 3.63) is 71.7 Å². The van der Waals surface area contributed by atoms with E-state index in [1.165, 1.54) is 0 Å². The number of benzene rings is 1. The normalized spacial score (nSPS) is 9.78. The van der Waals surface area contributed by atoms with Crippen molar-refractivity contribution in [2.75, 3.05) is 0 Å². The van der Waals surface area contributed by atoms with E-state index in [1.807, 2.05) is 47.0 Å². The Balaban J connectivity index is 0.00000132. The standard InChI is InChI=1S/C16H16N4O.2ClH/c17-8-14-11-20-10-13(6-7-15(20)19-14)16(21)18-9-12-4-2-1-3-5-12;;/h1-7,10-11H,8-9,17H2,(H,18,21);2*1H. The number of hydrogen-bond donors (Lipinski definition) is 2. The van der Waals surface area contributed by atoms with Gasteiger partial charge in [0.2, 0.25) is 0 Å². The molecule has 1 amide bonds. The number of nitrogens with one attached hydrogen (secondary N) is 1. The summed E-state index contributed by atoms with van der Waals surface area (Å²) in [5, 5.41) is 2.90. The van der Waals surface area contributed by atoms with Crippen LogP contribution in [0.2, 0.25) is 0 Å². The molecule has 2 heterocycles. The van der Waals surface area contributed by atoms with E-state index in [2.05, 4.69) is 10.3 Å². The highest BCUT2D eigenvalue weighted by Gasteiger charge is 2.07. The van der Waals surface area contributed by atoms with Crippen LogP contribution in [0.5, 0.6) is 0 Å². The Morgan fingerprint density at radius 3 is 2.52 bits per heavy atom. The predicted octanol–water partition coefficient (Wildman–Crippen LogP) is 2.57. The van der Waals surface area contributed by atoms with Gasteiger partial charge in [0.1, 0.15) is 5.65 Å². The van der Waals surface area contributed by atoms with Gasteiger partial charge in [-0.25, -0.2) is 4.98 Å². The van der Waals surface area contributed by atoms with Crippen LogP contribution in [0, 0.1) is 0 Å². The number of imidazole rings is 1. The fourth-order valence-electron chi connectivity index (χ4n) is 2.16. The Morgan fingerprint density at radius 2 is 1.83 bits per heavy atom. The maximum Gasteiger partial charge on any atom is 0.253 e. The van der Waals surface area contributed by atoms with E-state index in [9.17, 15) is 4.79 Å². The number of fused-ring (bicyclic) bond motifs is 1. The zero-order valence-corrected chi connectivity index (χ0v) is 13.9. The summed E-state index contributed by atoms with van der Waals surface area (Å²) in [6.45, 7) is 0.896. The van der Waals surface area contributed by atoms with Crippen LogP contribution in [-0.4, -0.2) is 15.3 Å². The van der Waals surface area contributed by atoms with Crippen molar-refractivity contribution in [2.45, 2.75) is 13.1 Å². The van der Waals surface area contributed by atoms with Gasteiger partial charge in [0.25, 0.3) is 5.91 Å². The summed E-state index contributed by atoms with van der Waals surface area (Å²) >= 11 is 0. The van der Waals surface area contributed by atoms with Gasteiger partial charge >= 0.3 is 0 Å². The molecule has 0 bridgehead atoms. The van der Waals surface area contributed by atoms with E-state index >= 15 is 0 Å². The molecule has 3 rings (SSSR count). The van der Waals surface area contributed by atoms with Crippen LogP contribution in [0.3, 0.4) is 0 Å². The first-order valence-electron chi connectivity index (χ1n) is 6.76. The Hall–Kier alpha value is -2.08. The lowest BCUT2D eigenvalue weighted by atomic mass is 10.2. The molecule has 122 valence electrons. The summed E-state index contributed by atoms with van der Waals surface area (Å²) < 4.78 is 1.82. The van der Waals surface area contributed by atoms with Gasteiger partial charge in [-0.2, -0.15) is 0 Å². The van der Waals surface area contributed by atoms with Crippen LogP contribution in [0.25, 0.3) is 5.65 Å². The third-order valence-electron chi connectivity index (χ3n) is 3.27. The fraction of sp³-hybridized carbons (Fsp3) is 0.125. The number of aromatic nitrogens is 2. The summed E-state index contributed by atoms with van der Waals surface area (Å²) in [4.78, 5) is 16.5. The molecule has 0 radical (unpaired) electrons. The molecule has 0 aliphatic heterocycles. The maximum atomic E-state index is 12.2. The largest absolute Gasteiger partial charge is 0.348 e. The molecule has 23 heavy (non-hydrogen) atoms. The number of nitrogens with two attached hydrogens (primary N) is 1. The molecule has 3 aromatic rings. The Kier molecular flexibility index (Phi) is 7.03. The van der Waals surface area contributed by atoms with E-state index in [1.54, 1.807) is 12.3 Å². The van der Waals surface area contributed by atoms with Crippen molar-refractivity contribution < 1.29 is 4.79 Å². The molecule has 0 saturated heterocycles. The molecule has 0 atom stereocenters. The summed E-state index contributed by atoms with van der Waals surface area (Å²) in [5.41, 5.74) is 8.82. The molecular weight excluding hydrogens is 335 g/mol. The number of nitrogens with zero attached hydrogens (tertiary/aromatic N) is 2. The van der Waals surface area contributed by atoms with Gasteiger partial charge in [-0.15, -0.1) is 24.8 Å². The highest BCUT2D eigenvalue weighted by Crippen LogP contribution is 2.08. The number of amides is 1. The van der Waals surface area contributed by atoms with Gasteiger partial charge < -0.3 is 15.5 Å². The minimum absolute atomic E-state index is 0. The van der Waals surface area contributed by atoms with E-state index in [0.717, 1.165) is 16.9 Å². The molecule has 0 aliphatic rings. The minimum atomic E-state index is -0.108. The highest BCUT2D eigenvalue weighted by atomic mass is 35.5. The summed E-state index contributed by atoms with van der Waals surface area (Å²) in [6.07, 6.45) is 3.60. The summed E-state index contributed by atoms with van der Waals surface area (Å²) in [6, 6.07) is 13.4. The van der Waals surface area contributed by atoms with E-state index in [0.29, 0.717) is 18.7 Å². The van der Waals surface area contributed by atoms with Crippen molar-refractivity contribution in [2.24, 2.45) is 5.73 Å². The molecule has 0 aliphatic carbocycles. The first-order chi connectivity index (χ1) is 10.3. The molecule has 7 heteroatoms. The second kappa shape index (κ2) is 8.53. The molecule has 1 aromatic carbocycles. The number of halogens is 2. The zero-order chi connectivity index (χ0) is 14.7. The number of rotatable bonds is 4. The lowest BCUT2D eigenvalue weighted by molar-refractivity contribution is 0.0950. The molecule has 0 unspecified atom stereocenters. The van der Waals surface area contributed by atoms with Crippen LogP contribution in [-0.2, 0) is 13.1 Å². The van der Waals surface area contributed by atoms with Crippen molar-refractivity contribution >= 4 is 36.4 Å². The monoisotopic (exact) mass is 352 g/mol. The van der Waals surface area contributed by atoms with E-state index < -0.39 is 0 Å². The topological polar surface area (TPSA) is 72.4 Å². The predicted molar refractivity (Wildman–Crippen MR) is 95.2 cm³/mol. The van der Waals surface area contributed by atoms with Gasteiger partial charge in [0.15, 0.2) is 0 Å². The van der Waals surface area contributed by atoms with Crippen molar-refractivity contribution in [1.29, 1.82) is 0 Å². The van der Waals surface area contributed by atoms with Crippen molar-refractivity contribution in [1.82, 2.24) is 14.7 Å². The summed E-state index contributed by atoms with van der Waals surface area (Å²) in [7, 11) is 0. The molecule has 2 aromatic heterocycles.